The Morgan fingerprint density at radius 1 is 1.36 bits per heavy atom. The monoisotopic (exact) mass is 301 g/mol. The van der Waals surface area contributed by atoms with Gasteiger partial charge in [0.1, 0.15) is 6.04 Å². The van der Waals surface area contributed by atoms with Gasteiger partial charge in [-0.15, -0.1) is 0 Å². The molecule has 1 aromatic rings. The predicted molar refractivity (Wildman–Crippen MR) is 82.6 cm³/mol. The van der Waals surface area contributed by atoms with Crippen LogP contribution in [0.1, 0.15) is 37.0 Å². The molecule has 3 rings (SSSR count). The van der Waals surface area contributed by atoms with Gasteiger partial charge < -0.3 is 15.5 Å². The van der Waals surface area contributed by atoms with Crippen LogP contribution in [0.25, 0.3) is 0 Å². The van der Waals surface area contributed by atoms with Gasteiger partial charge >= 0.3 is 0 Å². The van der Waals surface area contributed by atoms with E-state index in [0.717, 1.165) is 6.42 Å². The van der Waals surface area contributed by atoms with Crippen LogP contribution < -0.4 is 10.6 Å². The van der Waals surface area contributed by atoms with Crippen molar-refractivity contribution < 1.29 is 14.4 Å². The van der Waals surface area contributed by atoms with Crippen LogP contribution in [0, 0.1) is 5.92 Å². The first-order valence-corrected chi connectivity index (χ1v) is 7.54. The first-order valence-electron chi connectivity index (χ1n) is 7.54. The van der Waals surface area contributed by atoms with E-state index < -0.39 is 0 Å². The van der Waals surface area contributed by atoms with Crippen molar-refractivity contribution >= 4 is 29.1 Å². The minimum absolute atomic E-state index is 0.107. The Morgan fingerprint density at radius 2 is 2.14 bits per heavy atom. The summed E-state index contributed by atoms with van der Waals surface area (Å²) in [5.74, 6) is -0.540. The van der Waals surface area contributed by atoms with Crippen molar-refractivity contribution in [1.82, 2.24) is 4.90 Å². The maximum atomic E-state index is 12.7. The van der Waals surface area contributed by atoms with E-state index >= 15 is 0 Å². The van der Waals surface area contributed by atoms with Crippen molar-refractivity contribution in [3.63, 3.8) is 0 Å². The van der Waals surface area contributed by atoms with Crippen molar-refractivity contribution in [2.24, 2.45) is 5.92 Å². The summed E-state index contributed by atoms with van der Waals surface area (Å²) in [7, 11) is 0. The molecule has 3 amide bonds. The van der Waals surface area contributed by atoms with E-state index in [9.17, 15) is 14.4 Å². The fraction of sp³-hybridized carbons (Fsp3) is 0.438. The zero-order valence-corrected chi connectivity index (χ0v) is 12.7. The van der Waals surface area contributed by atoms with Gasteiger partial charge in [-0.05, 0) is 31.0 Å². The second-order valence-electron chi connectivity index (χ2n) is 6.05. The van der Waals surface area contributed by atoms with Gasteiger partial charge in [0.05, 0.1) is 11.3 Å². The SMILES string of the molecule is CC(C)C(=O)Nc1ccc2c(c1)C(=O)N1CCC[C@H]1C(=O)N2. The molecule has 0 saturated carbocycles. The van der Waals surface area contributed by atoms with Crippen LogP contribution in [0.15, 0.2) is 18.2 Å². The van der Waals surface area contributed by atoms with Crippen LogP contribution in [-0.2, 0) is 9.59 Å². The molecule has 1 atom stereocenters. The highest BCUT2D eigenvalue weighted by Gasteiger charge is 2.38. The number of hydrogen-bond donors (Lipinski definition) is 2. The molecular weight excluding hydrogens is 282 g/mol. The first kappa shape index (κ1) is 14.6. The highest BCUT2D eigenvalue weighted by atomic mass is 16.2. The fourth-order valence-electron chi connectivity index (χ4n) is 2.85. The van der Waals surface area contributed by atoms with Crippen LogP contribution in [0.4, 0.5) is 11.4 Å². The zero-order chi connectivity index (χ0) is 15.9. The quantitative estimate of drug-likeness (QED) is 0.875. The molecule has 1 fully saturated rings. The minimum atomic E-state index is -0.381. The van der Waals surface area contributed by atoms with Gasteiger partial charge in [0.2, 0.25) is 11.8 Å². The molecule has 2 heterocycles. The first-order chi connectivity index (χ1) is 10.5. The number of nitrogens with zero attached hydrogens (tertiary/aromatic N) is 1. The molecule has 0 spiro atoms. The molecule has 2 aliphatic rings. The predicted octanol–water partition coefficient (Wildman–Crippen LogP) is 1.84. The minimum Gasteiger partial charge on any atom is -0.327 e. The second kappa shape index (κ2) is 5.44. The number of hydrogen-bond acceptors (Lipinski definition) is 3. The molecule has 0 aromatic heterocycles. The molecule has 6 heteroatoms. The molecule has 1 saturated heterocycles. The molecule has 0 unspecified atom stereocenters. The van der Waals surface area contributed by atoms with Crippen LogP contribution in [-0.4, -0.2) is 35.2 Å². The summed E-state index contributed by atoms with van der Waals surface area (Å²) in [6.45, 7) is 4.21. The number of nitrogens with one attached hydrogen (secondary N) is 2. The number of fused-ring (bicyclic) bond motifs is 2. The van der Waals surface area contributed by atoms with Crippen molar-refractivity contribution in [3.05, 3.63) is 23.8 Å². The van der Waals surface area contributed by atoms with E-state index in [-0.39, 0.29) is 29.7 Å². The molecule has 6 nitrogen and oxygen atoms in total. The fourth-order valence-corrected chi connectivity index (χ4v) is 2.85. The van der Waals surface area contributed by atoms with Crippen LogP contribution >= 0.6 is 0 Å². The maximum Gasteiger partial charge on any atom is 0.256 e. The summed E-state index contributed by atoms with van der Waals surface area (Å²) >= 11 is 0. The van der Waals surface area contributed by atoms with Crippen LogP contribution in [0.2, 0.25) is 0 Å². The van der Waals surface area contributed by atoms with E-state index in [0.29, 0.717) is 29.9 Å². The number of benzene rings is 1. The van der Waals surface area contributed by atoms with Gasteiger partial charge in [0.15, 0.2) is 0 Å². The highest BCUT2D eigenvalue weighted by molar-refractivity contribution is 6.11. The summed E-state index contributed by atoms with van der Waals surface area (Å²) in [5, 5.41) is 5.59. The molecule has 0 aliphatic carbocycles. The third kappa shape index (κ3) is 2.45. The van der Waals surface area contributed by atoms with Gasteiger partial charge in [0, 0.05) is 18.2 Å². The van der Waals surface area contributed by atoms with Gasteiger partial charge in [-0.2, -0.15) is 0 Å². The van der Waals surface area contributed by atoms with Crippen molar-refractivity contribution in [1.29, 1.82) is 0 Å². The van der Waals surface area contributed by atoms with Gasteiger partial charge in [-0.3, -0.25) is 14.4 Å². The zero-order valence-electron chi connectivity index (χ0n) is 12.7. The Balaban J connectivity index is 1.94. The lowest BCUT2D eigenvalue weighted by atomic mass is 10.1. The van der Waals surface area contributed by atoms with Gasteiger partial charge in [-0.1, -0.05) is 13.8 Å². The van der Waals surface area contributed by atoms with Crippen LogP contribution in [0.3, 0.4) is 0 Å². The third-order valence-corrected chi connectivity index (χ3v) is 4.12. The Kier molecular flexibility index (Phi) is 3.60. The van der Waals surface area contributed by atoms with E-state index in [2.05, 4.69) is 10.6 Å². The van der Waals surface area contributed by atoms with E-state index in [1.54, 1.807) is 36.9 Å². The number of amides is 3. The molecule has 2 aliphatic heterocycles. The maximum absolute atomic E-state index is 12.7. The lowest BCUT2D eigenvalue weighted by Gasteiger charge is -2.20. The normalized spacial score (nSPS) is 20.3. The van der Waals surface area contributed by atoms with Crippen molar-refractivity contribution in [2.75, 3.05) is 17.2 Å². The third-order valence-electron chi connectivity index (χ3n) is 4.12. The molecule has 0 radical (unpaired) electrons. The summed E-state index contributed by atoms with van der Waals surface area (Å²) in [6, 6.07) is 4.62. The molecule has 0 bridgehead atoms. The topological polar surface area (TPSA) is 78.5 Å². The average Bonchev–Trinajstić information content (AvgIpc) is 2.94. The summed E-state index contributed by atoms with van der Waals surface area (Å²) < 4.78 is 0. The number of carbonyl (C=O) groups excluding carboxylic acids is 3. The largest absolute Gasteiger partial charge is 0.327 e. The number of carbonyl (C=O) groups is 3. The van der Waals surface area contributed by atoms with E-state index in [1.165, 1.54) is 0 Å². The summed E-state index contributed by atoms with van der Waals surface area (Å²) in [5.41, 5.74) is 1.50. The van der Waals surface area contributed by atoms with Crippen LogP contribution in [0.5, 0.6) is 0 Å². The Hall–Kier alpha value is -2.37. The van der Waals surface area contributed by atoms with Gasteiger partial charge in [-0.25, -0.2) is 0 Å². The van der Waals surface area contributed by atoms with Gasteiger partial charge in [0.25, 0.3) is 5.91 Å². The summed E-state index contributed by atoms with van der Waals surface area (Å²) in [6.07, 6.45) is 1.53. The smallest absolute Gasteiger partial charge is 0.256 e. The average molecular weight is 301 g/mol. The van der Waals surface area contributed by atoms with Crippen molar-refractivity contribution in [2.45, 2.75) is 32.7 Å². The Labute approximate surface area is 128 Å². The lowest BCUT2D eigenvalue weighted by Crippen LogP contribution is -2.40. The lowest BCUT2D eigenvalue weighted by molar-refractivity contribution is -0.120. The number of anilines is 2. The molecule has 22 heavy (non-hydrogen) atoms. The van der Waals surface area contributed by atoms with E-state index in [4.69, 9.17) is 0 Å². The molecule has 1 aromatic carbocycles. The second-order valence-corrected chi connectivity index (χ2v) is 6.05. The Bertz CT molecular complexity index is 654. The number of rotatable bonds is 2. The van der Waals surface area contributed by atoms with E-state index in [1.807, 2.05) is 0 Å². The molecule has 116 valence electrons. The Morgan fingerprint density at radius 3 is 2.86 bits per heavy atom. The standard InChI is InChI=1S/C16H19N3O3/c1-9(2)14(20)17-10-5-6-12-11(8-10)16(22)19-7-3-4-13(19)15(21)18-12/h5-6,8-9,13H,3-4,7H2,1-2H3,(H,17,20)(H,18,21)/t13-/m0/s1. The van der Waals surface area contributed by atoms with Crippen molar-refractivity contribution in [3.8, 4) is 0 Å². The molecular formula is C16H19N3O3. The highest BCUT2D eigenvalue weighted by Crippen LogP contribution is 2.30. The summed E-state index contributed by atoms with van der Waals surface area (Å²) in [4.78, 5) is 38.2. The molecule has 2 N–H and O–H groups in total.